The Morgan fingerprint density at radius 1 is 1.05 bits per heavy atom. The van der Waals surface area contributed by atoms with Crippen LogP contribution in [0.4, 0.5) is 5.69 Å². The molecule has 6 atom stereocenters. The second-order valence-corrected chi connectivity index (χ2v) is 12.8. The van der Waals surface area contributed by atoms with Gasteiger partial charge in [0.2, 0.25) is 11.8 Å². The average Bonchev–Trinajstić information content (AvgIpc) is 3.31. The molecular weight excluding hydrogens is 651 g/mol. The first kappa shape index (κ1) is 28.9. The molecule has 2 aliphatic carbocycles. The second-order valence-electron chi connectivity index (χ2n) is 11.0. The van der Waals surface area contributed by atoms with Crippen molar-refractivity contribution in [2.75, 3.05) is 17.5 Å². The molecule has 4 aliphatic rings. The van der Waals surface area contributed by atoms with Crippen LogP contribution in [0.1, 0.15) is 41.6 Å². The summed E-state index contributed by atoms with van der Waals surface area (Å²) in [7, 11) is 1.44. The van der Waals surface area contributed by atoms with Gasteiger partial charge in [0.1, 0.15) is 11.5 Å². The van der Waals surface area contributed by atoms with Gasteiger partial charge in [-0.15, -0.1) is 23.2 Å². The maximum absolute atomic E-state index is 14.1. The first-order chi connectivity index (χ1) is 19.9. The van der Waals surface area contributed by atoms with E-state index in [0.717, 1.165) is 9.80 Å². The number of rotatable bonds is 5. The molecule has 2 heterocycles. The summed E-state index contributed by atoms with van der Waals surface area (Å²) in [5.74, 6) is -5.74. The summed E-state index contributed by atoms with van der Waals surface area (Å²) < 4.78 is 5.23. The fourth-order valence-electron chi connectivity index (χ4n) is 7.09. The van der Waals surface area contributed by atoms with E-state index in [1.54, 1.807) is 42.5 Å². The number of ketones is 1. The van der Waals surface area contributed by atoms with Gasteiger partial charge in [0.05, 0.1) is 30.1 Å². The molecule has 6 rings (SSSR count). The third-order valence-corrected chi connectivity index (χ3v) is 11.0. The molecule has 2 aliphatic heterocycles. The van der Waals surface area contributed by atoms with Crippen LogP contribution < -0.4 is 9.64 Å². The fraction of sp³-hybridized carbons (Fsp3) is 0.367. The van der Waals surface area contributed by atoms with Crippen LogP contribution in [0, 0.1) is 17.8 Å². The minimum Gasteiger partial charge on any atom is -0.508 e. The van der Waals surface area contributed by atoms with Crippen molar-refractivity contribution >= 4 is 74.2 Å². The molecule has 218 valence electrons. The van der Waals surface area contributed by atoms with E-state index < -0.39 is 57.0 Å². The number of methoxy groups -OCH3 is 1. The summed E-state index contributed by atoms with van der Waals surface area (Å²) in [6.45, 7) is 1.42. The summed E-state index contributed by atoms with van der Waals surface area (Å²) in [5.41, 5.74) is 1.44. The number of nitrogens with zero attached hydrogens (tertiary/aromatic N) is 2. The number of phenolic OH excluding ortho intramolecular Hbond substituents is 1. The van der Waals surface area contributed by atoms with Crippen LogP contribution in [0.2, 0.25) is 0 Å². The summed E-state index contributed by atoms with van der Waals surface area (Å²) in [6, 6.07) is 10.8. The van der Waals surface area contributed by atoms with E-state index in [9.17, 15) is 29.1 Å². The van der Waals surface area contributed by atoms with Gasteiger partial charge in [-0.1, -0.05) is 33.6 Å². The Morgan fingerprint density at radius 3 is 2.33 bits per heavy atom. The summed E-state index contributed by atoms with van der Waals surface area (Å²) in [4.78, 5) is 65.1. The zero-order valence-electron chi connectivity index (χ0n) is 22.5. The molecule has 3 fully saturated rings. The third-order valence-electron chi connectivity index (χ3n) is 9.10. The van der Waals surface area contributed by atoms with Crippen molar-refractivity contribution in [3.05, 3.63) is 65.2 Å². The van der Waals surface area contributed by atoms with Gasteiger partial charge in [0, 0.05) is 23.1 Å². The Labute approximate surface area is 259 Å². The van der Waals surface area contributed by atoms with E-state index in [1.165, 1.54) is 20.1 Å². The van der Waals surface area contributed by atoms with Crippen molar-refractivity contribution in [3.63, 3.8) is 0 Å². The molecule has 0 bridgehead atoms. The highest BCUT2D eigenvalue weighted by molar-refractivity contribution is 9.09. The van der Waals surface area contributed by atoms with Crippen LogP contribution in [0.5, 0.6) is 11.5 Å². The lowest BCUT2D eigenvalue weighted by Crippen LogP contribution is -2.60. The van der Waals surface area contributed by atoms with Gasteiger partial charge in [0.15, 0.2) is 15.5 Å². The molecule has 2 aromatic rings. The first-order valence-electron chi connectivity index (χ1n) is 13.3. The normalized spacial score (nSPS) is 32.0. The molecule has 1 N–H and O–H groups in total. The number of anilines is 1. The Kier molecular flexibility index (Phi) is 6.83. The van der Waals surface area contributed by atoms with Crippen molar-refractivity contribution in [1.82, 2.24) is 4.90 Å². The van der Waals surface area contributed by atoms with Crippen LogP contribution in [0.25, 0.3) is 0 Å². The average molecular weight is 676 g/mol. The van der Waals surface area contributed by atoms with E-state index >= 15 is 0 Å². The molecule has 42 heavy (non-hydrogen) atoms. The minimum absolute atomic E-state index is 0.147. The number of phenols is 1. The van der Waals surface area contributed by atoms with Crippen LogP contribution in [-0.2, 0) is 19.2 Å². The number of ether oxygens (including phenoxy) is 1. The van der Waals surface area contributed by atoms with Gasteiger partial charge < -0.3 is 9.84 Å². The number of hydrogen-bond donors (Lipinski definition) is 1. The number of alkyl halides is 3. The second kappa shape index (κ2) is 9.92. The predicted octanol–water partition coefficient (Wildman–Crippen LogP) is 4.52. The van der Waals surface area contributed by atoms with Crippen molar-refractivity contribution < 1.29 is 33.8 Å². The number of likely N-dealkylation sites (tertiary alicyclic amines) is 1. The zero-order chi connectivity index (χ0) is 30.3. The summed E-state index contributed by atoms with van der Waals surface area (Å²) >= 11 is 17.6. The molecule has 1 saturated carbocycles. The van der Waals surface area contributed by atoms with Gasteiger partial charge in [-0.25, -0.2) is 0 Å². The van der Waals surface area contributed by atoms with Gasteiger partial charge >= 0.3 is 0 Å². The predicted molar refractivity (Wildman–Crippen MR) is 157 cm³/mol. The Morgan fingerprint density at radius 2 is 1.74 bits per heavy atom. The molecule has 4 amide bonds. The number of carbonyl (C=O) groups excluding carboxylic acids is 5. The number of carbonyl (C=O) groups is 5. The van der Waals surface area contributed by atoms with E-state index in [4.69, 9.17) is 27.9 Å². The van der Waals surface area contributed by atoms with Crippen molar-refractivity contribution in [2.24, 2.45) is 17.8 Å². The number of aromatic hydroxyl groups is 1. The molecule has 2 aromatic carbocycles. The number of fused-ring (bicyclic) bond motifs is 4. The van der Waals surface area contributed by atoms with Gasteiger partial charge in [-0.2, -0.15) is 0 Å². The highest BCUT2D eigenvalue weighted by Gasteiger charge is 2.76. The molecule has 12 heteroatoms. The molecule has 0 spiro atoms. The van der Waals surface area contributed by atoms with E-state index in [1.807, 2.05) is 0 Å². The maximum Gasteiger partial charge on any atom is 0.254 e. The molecule has 0 radical (unpaired) electrons. The highest BCUT2D eigenvalue weighted by atomic mass is 79.9. The lowest BCUT2D eigenvalue weighted by molar-refractivity contribution is -0.138. The SMILES string of the molecule is COc1ccc([C@H]2C3=CC[C@@H]4C(=O)N(c5ccc(C(C)=O)cc5)C(=O)[C@@H]4[C@@H]3C[C@@]3(Cl)C(=O)N(CBr)C(=O)[C@@]23Cl)c(O)c1. The standard InChI is InChI=1S/C30H25BrCl2N2O7/c1-14(36)15-3-5-16(6-4-15)35-25(38)20-10-9-18-21(23(20)26(35)39)12-29(32)27(40)34(13-31)28(41)30(29,33)24(18)19-8-7-17(42-2)11-22(19)37/h3-9,11,20-21,23-24,37H,10,12-13H2,1-2H3/t20-,21+,23-,24+,29+,30-/m0/s1. The summed E-state index contributed by atoms with van der Waals surface area (Å²) in [5, 5.41) is 11.1. The quantitative estimate of drug-likeness (QED) is 0.163. The Balaban J connectivity index is 1.49. The van der Waals surface area contributed by atoms with E-state index in [0.29, 0.717) is 22.6 Å². The molecule has 0 aromatic heterocycles. The van der Waals surface area contributed by atoms with Crippen LogP contribution in [-0.4, -0.2) is 61.7 Å². The topological polar surface area (TPSA) is 121 Å². The van der Waals surface area contributed by atoms with Crippen LogP contribution in [0.15, 0.2) is 54.1 Å². The maximum atomic E-state index is 14.1. The van der Waals surface area contributed by atoms with Crippen LogP contribution >= 0.6 is 39.1 Å². The Bertz CT molecular complexity index is 1610. The number of imide groups is 2. The molecular formula is C30H25BrCl2N2O7. The van der Waals surface area contributed by atoms with Crippen molar-refractivity contribution in [2.45, 2.75) is 35.4 Å². The van der Waals surface area contributed by atoms with Gasteiger partial charge in [0.25, 0.3) is 11.8 Å². The summed E-state index contributed by atoms with van der Waals surface area (Å²) in [6.07, 6.45) is 1.81. The highest BCUT2D eigenvalue weighted by Crippen LogP contribution is 2.66. The number of benzene rings is 2. The van der Waals surface area contributed by atoms with Crippen LogP contribution in [0.3, 0.4) is 0 Å². The number of halogens is 3. The number of allylic oxidation sites excluding steroid dienone is 2. The van der Waals surface area contributed by atoms with Gasteiger partial charge in [-0.05, 0) is 56.0 Å². The lowest BCUT2D eigenvalue weighted by atomic mass is 9.56. The van der Waals surface area contributed by atoms with Crippen molar-refractivity contribution in [3.8, 4) is 11.5 Å². The smallest absolute Gasteiger partial charge is 0.254 e. The minimum atomic E-state index is -2.02. The largest absolute Gasteiger partial charge is 0.508 e. The monoisotopic (exact) mass is 674 g/mol. The molecule has 9 nitrogen and oxygen atoms in total. The lowest BCUT2D eigenvalue weighted by Gasteiger charge is -2.50. The number of hydrogen-bond acceptors (Lipinski definition) is 7. The van der Waals surface area contributed by atoms with Gasteiger partial charge in [-0.3, -0.25) is 33.8 Å². The fourth-order valence-corrected chi connectivity index (χ4v) is 8.51. The third kappa shape index (κ3) is 3.70. The Hall–Kier alpha value is -3.21. The zero-order valence-corrected chi connectivity index (χ0v) is 25.6. The van der Waals surface area contributed by atoms with E-state index in [2.05, 4.69) is 15.9 Å². The molecule has 2 saturated heterocycles. The van der Waals surface area contributed by atoms with Crippen molar-refractivity contribution in [1.29, 1.82) is 0 Å². The number of amides is 4. The molecule has 0 unspecified atom stereocenters. The number of Topliss-reactive ketones (excluding diaryl/α,β-unsaturated/α-hetero) is 1. The van der Waals surface area contributed by atoms with E-state index in [-0.39, 0.29) is 35.4 Å². The first-order valence-corrected chi connectivity index (χ1v) is 15.1.